The van der Waals surface area contributed by atoms with E-state index in [1.165, 1.54) is 0 Å². The second kappa shape index (κ2) is 9.10. The first-order valence-electron chi connectivity index (χ1n) is 11.5. The van der Waals surface area contributed by atoms with Crippen LogP contribution in [-0.4, -0.2) is 38.2 Å². The lowest BCUT2D eigenvalue weighted by Crippen LogP contribution is -2.37. The molecular weight excluding hydrogens is 414 g/mol. The van der Waals surface area contributed by atoms with Crippen molar-refractivity contribution in [1.82, 2.24) is 19.9 Å². The monoisotopic (exact) mass is 441 g/mol. The average molecular weight is 442 g/mol. The molecule has 2 aromatic heterocycles. The number of amides is 2. The lowest BCUT2D eigenvalue weighted by Gasteiger charge is -2.31. The van der Waals surface area contributed by atoms with Gasteiger partial charge in [0.2, 0.25) is 11.8 Å². The third kappa shape index (κ3) is 4.35. The van der Waals surface area contributed by atoms with Gasteiger partial charge in [0.25, 0.3) is 0 Å². The molecule has 7 nitrogen and oxygen atoms in total. The van der Waals surface area contributed by atoms with E-state index in [0.29, 0.717) is 37.6 Å². The van der Waals surface area contributed by atoms with Crippen molar-refractivity contribution in [2.24, 2.45) is 0 Å². The first-order valence-corrected chi connectivity index (χ1v) is 11.5. The maximum Gasteiger partial charge on any atom is 0.229 e. The van der Waals surface area contributed by atoms with Crippen LogP contribution in [0.25, 0.3) is 0 Å². The number of fused-ring (bicyclic) bond motifs is 1. The van der Waals surface area contributed by atoms with E-state index in [0.717, 1.165) is 35.4 Å². The summed E-state index contributed by atoms with van der Waals surface area (Å²) in [6.07, 6.45) is 4.81. The topological polar surface area (TPSA) is 79.3 Å². The third-order valence-electron chi connectivity index (χ3n) is 6.47. The van der Waals surface area contributed by atoms with Gasteiger partial charge in [-0.3, -0.25) is 19.5 Å². The number of hydrogen-bond acceptors (Lipinski definition) is 5. The molecule has 33 heavy (non-hydrogen) atoms. The van der Waals surface area contributed by atoms with Crippen LogP contribution in [0.2, 0.25) is 0 Å². The van der Waals surface area contributed by atoms with Crippen LogP contribution in [0.4, 0.5) is 5.82 Å². The van der Waals surface area contributed by atoms with Crippen molar-refractivity contribution in [2.75, 3.05) is 11.4 Å². The van der Waals surface area contributed by atoms with Gasteiger partial charge in [0.1, 0.15) is 5.82 Å². The Bertz CT molecular complexity index is 1170. The summed E-state index contributed by atoms with van der Waals surface area (Å²) in [5, 5.41) is 0. The van der Waals surface area contributed by atoms with Gasteiger partial charge >= 0.3 is 0 Å². The Labute approximate surface area is 193 Å². The van der Waals surface area contributed by atoms with Gasteiger partial charge in [0.15, 0.2) is 5.82 Å². The highest BCUT2D eigenvalue weighted by Gasteiger charge is 2.35. The van der Waals surface area contributed by atoms with Crippen LogP contribution in [0.5, 0.6) is 0 Å². The Morgan fingerprint density at radius 2 is 1.88 bits per heavy atom. The minimum Gasteiger partial charge on any atom is -0.332 e. The van der Waals surface area contributed by atoms with Gasteiger partial charge in [-0.25, -0.2) is 9.97 Å². The van der Waals surface area contributed by atoms with Gasteiger partial charge in [0.05, 0.1) is 19.0 Å². The van der Waals surface area contributed by atoms with Crippen molar-refractivity contribution in [2.45, 2.75) is 51.6 Å². The summed E-state index contributed by atoms with van der Waals surface area (Å²) >= 11 is 0. The zero-order chi connectivity index (χ0) is 22.8. The van der Waals surface area contributed by atoms with E-state index in [9.17, 15) is 9.59 Å². The Balaban J connectivity index is 1.45. The number of rotatable bonds is 5. The molecule has 7 heteroatoms. The summed E-state index contributed by atoms with van der Waals surface area (Å²) in [6.45, 7) is 3.15. The number of carbonyl (C=O) groups is 2. The molecule has 3 aromatic rings. The van der Waals surface area contributed by atoms with Crippen molar-refractivity contribution < 1.29 is 9.59 Å². The van der Waals surface area contributed by atoms with Crippen molar-refractivity contribution in [3.63, 3.8) is 0 Å². The van der Waals surface area contributed by atoms with Crippen LogP contribution in [0.3, 0.4) is 0 Å². The number of nitrogens with zero attached hydrogens (tertiary/aromatic N) is 5. The molecule has 2 aliphatic rings. The van der Waals surface area contributed by atoms with Crippen molar-refractivity contribution >= 4 is 17.6 Å². The molecule has 1 aromatic carbocycles. The van der Waals surface area contributed by atoms with E-state index in [1.807, 2.05) is 60.4 Å². The number of anilines is 1. The summed E-state index contributed by atoms with van der Waals surface area (Å²) in [5.41, 5.74) is 3.74. The summed E-state index contributed by atoms with van der Waals surface area (Å²) in [5.74, 6) is 1.44. The minimum atomic E-state index is -0.180. The smallest absolute Gasteiger partial charge is 0.229 e. The number of hydrogen-bond donors (Lipinski definition) is 0. The minimum absolute atomic E-state index is 0.0346. The molecule has 1 saturated heterocycles. The molecule has 0 spiro atoms. The highest BCUT2D eigenvalue weighted by Crippen LogP contribution is 2.35. The predicted molar refractivity (Wildman–Crippen MR) is 124 cm³/mol. The molecule has 0 bridgehead atoms. The fourth-order valence-corrected chi connectivity index (χ4v) is 4.77. The molecule has 2 aliphatic heterocycles. The average Bonchev–Trinajstić information content (AvgIpc) is 3.32. The van der Waals surface area contributed by atoms with Crippen LogP contribution < -0.4 is 4.90 Å². The van der Waals surface area contributed by atoms with E-state index >= 15 is 0 Å². The fraction of sp³-hybridized carbons (Fsp3) is 0.346. The first-order chi connectivity index (χ1) is 16.1. The molecule has 1 fully saturated rings. The summed E-state index contributed by atoms with van der Waals surface area (Å²) in [4.78, 5) is 43.6. The quantitative estimate of drug-likeness (QED) is 0.605. The number of carbonyl (C=O) groups excluding carboxylic acids is 2. The van der Waals surface area contributed by atoms with E-state index in [1.54, 1.807) is 11.1 Å². The number of benzene rings is 1. The highest BCUT2D eigenvalue weighted by atomic mass is 16.2. The molecule has 0 aliphatic carbocycles. The first kappa shape index (κ1) is 21.2. The molecule has 0 saturated carbocycles. The van der Waals surface area contributed by atoms with Crippen molar-refractivity contribution in [3.05, 3.63) is 83.1 Å². The van der Waals surface area contributed by atoms with Crippen LogP contribution in [0.1, 0.15) is 53.6 Å². The maximum atomic E-state index is 13.1. The van der Waals surface area contributed by atoms with Crippen LogP contribution in [0.15, 0.2) is 54.7 Å². The van der Waals surface area contributed by atoms with E-state index in [2.05, 4.69) is 4.98 Å². The van der Waals surface area contributed by atoms with E-state index in [4.69, 9.17) is 9.97 Å². The van der Waals surface area contributed by atoms with Gasteiger partial charge in [0, 0.05) is 36.1 Å². The molecule has 0 radical (unpaired) electrons. The number of likely N-dealkylation sites (tertiary alicyclic amines) is 1. The molecule has 1 atom stereocenters. The zero-order valence-electron chi connectivity index (χ0n) is 18.8. The molecule has 168 valence electrons. The van der Waals surface area contributed by atoms with Crippen LogP contribution in [0, 0.1) is 6.92 Å². The Morgan fingerprint density at radius 3 is 2.67 bits per heavy atom. The fourth-order valence-electron chi connectivity index (χ4n) is 4.77. The molecule has 0 N–H and O–H groups in total. The van der Waals surface area contributed by atoms with Crippen LogP contribution in [-0.2, 0) is 29.0 Å². The molecule has 5 rings (SSSR count). The number of aryl methyl sites for hydroxylation is 1. The normalized spacial score (nSPS) is 17.8. The van der Waals surface area contributed by atoms with Gasteiger partial charge < -0.3 is 4.90 Å². The second-order valence-corrected chi connectivity index (χ2v) is 8.68. The molecule has 2 amide bonds. The molecular formula is C26H27N5O2. The lowest BCUT2D eigenvalue weighted by molar-refractivity contribution is -0.131. The summed E-state index contributed by atoms with van der Waals surface area (Å²) < 4.78 is 0. The Kier molecular flexibility index (Phi) is 5.86. The Morgan fingerprint density at radius 1 is 1.06 bits per heavy atom. The zero-order valence-corrected chi connectivity index (χ0v) is 18.8. The highest BCUT2D eigenvalue weighted by molar-refractivity contribution is 5.95. The maximum absolute atomic E-state index is 13.1. The van der Waals surface area contributed by atoms with Crippen LogP contribution >= 0.6 is 0 Å². The van der Waals surface area contributed by atoms with Gasteiger partial charge in [-0.2, -0.15) is 0 Å². The largest absolute Gasteiger partial charge is 0.332 e. The van der Waals surface area contributed by atoms with E-state index < -0.39 is 0 Å². The van der Waals surface area contributed by atoms with Gasteiger partial charge in [-0.1, -0.05) is 36.4 Å². The standard InChI is InChI=1S/C26H27N5O2/c1-18-21-12-13-23(32)31(17-19-8-3-2-4-9-19)26(21)29-25(28-18)22-11-7-15-30(22)24(33)16-20-10-5-6-14-27-20/h2-6,8-10,14,22H,7,11-13,15-17H2,1H3. The predicted octanol–water partition coefficient (Wildman–Crippen LogP) is 3.57. The van der Waals surface area contributed by atoms with Gasteiger partial charge in [-0.05, 0) is 43.9 Å². The third-order valence-corrected chi connectivity index (χ3v) is 6.47. The molecule has 4 heterocycles. The second-order valence-electron chi connectivity index (χ2n) is 8.68. The number of pyridine rings is 1. The summed E-state index contributed by atoms with van der Waals surface area (Å²) in [6, 6.07) is 15.4. The summed E-state index contributed by atoms with van der Waals surface area (Å²) in [7, 11) is 0. The van der Waals surface area contributed by atoms with E-state index in [-0.39, 0.29) is 24.3 Å². The molecule has 1 unspecified atom stereocenters. The number of aromatic nitrogens is 3. The van der Waals surface area contributed by atoms with Gasteiger partial charge in [-0.15, -0.1) is 0 Å². The van der Waals surface area contributed by atoms with Crippen molar-refractivity contribution in [1.29, 1.82) is 0 Å². The lowest BCUT2D eigenvalue weighted by atomic mass is 10.0. The van der Waals surface area contributed by atoms with Crippen molar-refractivity contribution in [3.8, 4) is 0 Å². The SMILES string of the molecule is Cc1nc(C2CCCN2C(=O)Cc2ccccn2)nc2c1CCC(=O)N2Cc1ccccc1. The Hall–Kier alpha value is -3.61.